The summed E-state index contributed by atoms with van der Waals surface area (Å²) in [5.41, 5.74) is -0.137. The van der Waals surface area contributed by atoms with Gasteiger partial charge in [-0.25, -0.2) is 9.78 Å². The molecule has 0 aliphatic carbocycles. The summed E-state index contributed by atoms with van der Waals surface area (Å²) in [7, 11) is 0. The van der Waals surface area contributed by atoms with Crippen LogP contribution in [0.5, 0.6) is 0 Å². The minimum absolute atomic E-state index is 0.182. The maximum atomic E-state index is 12.4. The van der Waals surface area contributed by atoms with Crippen LogP contribution in [0.4, 0.5) is 13.2 Å². The molecule has 106 valence electrons. The number of halogens is 3. The monoisotopic (exact) mass is 301 g/mol. The van der Waals surface area contributed by atoms with Crippen LogP contribution >= 0.6 is 11.3 Å². The highest BCUT2D eigenvalue weighted by Crippen LogP contribution is 2.32. The lowest BCUT2D eigenvalue weighted by molar-refractivity contribution is -0.137. The number of hydrogen-bond acceptors (Lipinski definition) is 4. The minimum Gasteiger partial charge on any atom is -0.461 e. The molecule has 2 aromatic rings. The van der Waals surface area contributed by atoms with Crippen LogP contribution in [0.3, 0.4) is 0 Å². The molecule has 0 aliphatic heterocycles. The molecule has 1 aromatic heterocycles. The molecule has 0 spiro atoms. The fourth-order valence-corrected chi connectivity index (χ4v) is 2.33. The van der Waals surface area contributed by atoms with Crippen molar-refractivity contribution in [2.45, 2.75) is 13.1 Å². The number of rotatable bonds is 3. The molecular weight excluding hydrogens is 291 g/mol. The van der Waals surface area contributed by atoms with E-state index < -0.39 is 17.7 Å². The van der Waals surface area contributed by atoms with Gasteiger partial charge in [0.15, 0.2) is 0 Å². The standard InChI is InChI=1S/C13H10F3NO2S/c1-2-19-12(18)11-17-7-10(20-11)8-3-5-9(6-4-8)13(14,15)16/h3-7H,2H2,1H3. The van der Waals surface area contributed by atoms with Gasteiger partial charge in [0.2, 0.25) is 5.01 Å². The first-order valence-electron chi connectivity index (χ1n) is 5.72. The van der Waals surface area contributed by atoms with Crippen LogP contribution in [0.1, 0.15) is 22.3 Å². The van der Waals surface area contributed by atoms with Crippen LogP contribution in [0.2, 0.25) is 0 Å². The van der Waals surface area contributed by atoms with E-state index in [-0.39, 0.29) is 11.6 Å². The van der Waals surface area contributed by atoms with E-state index in [1.165, 1.54) is 18.3 Å². The van der Waals surface area contributed by atoms with E-state index in [1.54, 1.807) is 6.92 Å². The van der Waals surface area contributed by atoms with Crippen molar-refractivity contribution in [3.8, 4) is 10.4 Å². The summed E-state index contributed by atoms with van der Waals surface area (Å²) in [4.78, 5) is 16.0. The highest BCUT2D eigenvalue weighted by molar-refractivity contribution is 7.16. The third-order valence-electron chi connectivity index (χ3n) is 2.45. The van der Waals surface area contributed by atoms with Crippen molar-refractivity contribution >= 4 is 17.3 Å². The highest BCUT2D eigenvalue weighted by Gasteiger charge is 2.30. The Labute approximate surface area is 117 Å². The van der Waals surface area contributed by atoms with Crippen molar-refractivity contribution < 1.29 is 22.7 Å². The van der Waals surface area contributed by atoms with Crippen molar-refractivity contribution in [2.75, 3.05) is 6.61 Å². The molecule has 0 amide bonds. The molecule has 0 unspecified atom stereocenters. The number of benzene rings is 1. The van der Waals surface area contributed by atoms with E-state index in [2.05, 4.69) is 4.98 Å². The number of aromatic nitrogens is 1. The van der Waals surface area contributed by atoms with Gasteiger partial charge >= 0.3 is 12.1 Å². The first kappa shape index (κ1) is 14.5. The molecule has 0 bridgehead atoms. The normalized spacial score (nSPS) is 11.4. The highest BCUT2D eigenvalue weighted by atomic mass is 32.1. The van der Waals surface area contributed by atoms with Crippen LogP contribution in [0.25, 0.3) is 10.4 Å². The molecule has 0 N–H and O–H groups in total. The number of hydrogen-bond donors (Lipinski definition) is 0. The van der Waals surface area contributed by atoms with E-state index >= 15 is 0 Å². The largest absolute Gasteiger partial charge is 0.461 e. The van der Waals surface area contributed by atoms with Gasteiger partial charge in [-0.1, -0.05) is 12.1 Å². The Morgan fingerprint density at radius 3 is 2.50 bits per heavy atom. The van der Waals surface area contributed by atoms with E-state index in [0.29, 0.717) is 10.4 Å². The molecule has 0 fully saturated rings. The minimum atomic E-state index is -4.36. The summed E-state index contributed by atoms with van der Waals surface area (Å²) in [6.45, 7) is 1.93. The Morgan fingerprint density at radius 2 is 1.95 bits per heavy atom. The second-order valence-corrected chi connectivity index (χ2v) is 4.86. The third-order valence-corrected chi connectivity index (χ3v) is 3.48. The topological polar surface area (TPSA) is 39.2 Å². The smallest absolute Gasteiger partial charge is 0.416 e. The summed E-state index contributed by atoms with van der Waals surface area (Å²) in [6.07, 6.45) is -2.91. The lowest BCUT2D eigenvalue weighted by Crippen LogP contribution is -2.03. The predicted octanol–water partition coefficient (Wildman–Crippen LogP) is 4.01. The van der Waals surface area contributed by atoms with Gasteiger partial charge in [0.25, 0.3) is 0 Å². The van der Waals surface area contributed by atoms with Crippen molar-refractivity contribution in [1.82, 2.24) is 4.98 Å². The van der Waals surface area contributed by atoms with Crippen LogP contribution < -0.4 is 0 Å². The number of alkyl halides is 3. The molecule has 1 heterocycles. The lowest BCUT2D eigenvalue weighted by Gasteiger charge is -2.06. The number of thiazole rings is 1. The maximum absolute atomic E-state index is 12.4. The van der Waals surface area contributed by atoms with Crippen molar-refractivity contribution in [3.05, 3.63) is 41.0 Å². The molecular formula is C13H10F3NO2S. The molecule has 0 aliphatic rings. The maximum Gasteiger partial charge on any atom is 0.416 e. The fourth-order valence-electron chi connectivity index (χ4n) is 1.52. The van der Waals surface area contributed by atoms with Gasteiger partial charge in [0, 0.05) is 6.20 Å². The number of carbonyl (C=O) groups excluding carboxylic acids is 1. The van der Waals surface area contributed by atoms with Gasteiger partial charge < -0.3 is 4.74 Å². The van der Waals surface area contributed by atoms with Crippen molar-refractivity contribution in [1.29, 1.82) is 0 Å². The average molecular weight is 301 g/mol. The number of ether oxygens (including phenoxy) is 1. The predicted molar refractivity (Wildman–Crippen MR) is 68.5 cm³/mol. The van der Waals surface area contributed by atoms with Gasteiger partial charge in [0.1, 0.15) is 0 Å². The molecule has 1 aromatic carbocycles. The number of esters is 1. The Balaban J connectivity index is 2.22. The Hall–Kier alpha value is -1.89. The van der Waals surface area contributed by atoms with Gasteiger partial charge in [-0.05, 0) is 24.6 Å². The van der Waals surface area contributed by atoms with E-state index in [4.69, 9.17) is 4.74 Å². The quantitative estimate of drug-likeness (QED) is 0.804. The summed E-state index contributed by atoms with van der Waals surface area (Å²) in [5, 5.41) is 0.182. The molecule has 3 nitrogen and oxygen atoms in total. The fraction of sp³-hybridized carbons (Fsp3) is 0.231. The zero-order valence-electron chi connectivity index (χ0n) is 10.4. The molecule has 0 saturated heterocycles. The zero-order valence-corrected chi connectivity index (χ0v) is 11.2. The summed E-state index contributed by atoms with van der Waals surface area (Å²) >= 11 is 1.08. The van der Waals surface area contributed by atoms with Gasteiger partial charge in [-0.2, -0.15) is 13.2 Å². The van der Waals surface area contributed by atoms with Crippen LogP contribution in [-0.2, 0) is 10.9 Å². The van der Waals surface area contributed by atoms with Crippen LogP contribution in [-0.4, -0.2) is 17.6 Å². The van der Waals surface area contributed by atoms with Crippen molar-refractivity contribution in [2.24, 2.45) is 0 Å². The molecule has 20 heavy (non-hydrogen) atoms. The summed E-state index contributed by atoms with van der Waals surface area (Å²) in [5.74, 6) is -0.532. The summed E-state index contributed by atoms with van der Waals surface area (Å²) in [6, 6.07) is 4.70. The van der Waals surface area contributed by atoms with Crippen LogP contribution in [0.15, 0.2) is 30.5 Å². The molecule has 2 rings (SSSR count). The third kappa shape index (κ3) is 3.16. The second-order valence-electron chi connectivity index (χ2n) is 3.83. The van der Waals surface area contributed by atoms with E-state index in [0.717, 1.165) is 23.5 Å². The van der Waals surface area contributed by atoms with E-state index in [9.17, 15) is 18.0 Å². The second kappa shape index (κ2) is 5.62. The van der Waals surface area contributed by atoms with Gasteiger partial charge in [-0.15, -0.1) is 11.3 Å². The first-order chi connectivity index (χ1) is 9.41. The Morgan fingerprint density at radius 1 is 1.30 bits per heavy atom. The van der Waals surface area contributed by atoms with Gasteiger partial charge in [0.05, 0.1) is 17.0 Å². The molecule has 0 radical (unpaired) electrons. The Bertz CT molecular complexity index is 605. The SMILES string of the molecule is CCOC(=O)c1ncc(-c2ccc(C(F)(F)F)cc2)s1. The molecule has 0 atom stereocenters. The first-order valence-corrected chi connectivity index (χ1v) is 6.54. The van der Waals surface area contributed by atoms with Crippen molar-refractivity contribution in [3.63, 3.8) is 0 Å². The zero-order chi connectivity index (χ0) is 14.8. The molecule has 7 heteroatoms. The summed E-state index contributed by atoms with van der Waals surface area (Å²) < 4.78 is 42.1. The Kier molecular flexibility index (Phi) is 4.08. The van der Waals surface area contributed by atoms with E-state index in [1.807, 2.05) is 0 Å². The van der Waals surface area contributed by atoms with Crippen LogP contribution in [0, 0.1) is 0 Å². The molecule has 0 saturated carbocycles. The van der Waals surface area contributed by atoms with Gasteiger partial charge in [-0.3, -0.25) is 0 Å². The average Bonchev–Trinajstić information content (AvgIpc) is 2.88. The number of carbonyl (C=O) groups is 1. The number of nitrogens with zero attached hydrogens (tertiary/aromatic N) is 1. The lowest BCUT2D eigenvalue weighted by atomic mass is 10.1.